The third kappa shape index (κ3) is 5.42. The number of ketones is 1. The van der Waals surface area contributed by atoms with Crippen molar-refractivity contribution < 1.29 is 9.72 Å². The van der Waals surface area contributed by atoms with E-state index in [9.17, 15) is 14.9 Å². The Kier molecular flexibility index (Phi) is 7.16. The van der Waals surface area contributed by atoms with Crippen LogP contribution in [0.1, 0.15) is 34.5 Å². The quantitative estimate of drug-likeness (QED) is 0.159. The fraction of sp³-hybridized carbons (Fsp3) is 0.316. The van der Waals surface area contributed by atoms with Crippen molar-refractivity contribution in [2.24, 2.45) is 0 Å². The molecule has 2 aromatic heterocycles. The molecular formula is C19H20N6O3S2. The lowest BCUT2D eigenvalue weighted by molar-refractivity contribution is -0.384. The molecule has 156 valence electrons. The molecule has 0 saturated heterocycles. The predicted molar refractivity (Wildman–Crippen MR) is 115 cm³/mol. The molecule has 0 fully saturated rings. The predicted octanol–water partition coefficient (Wildman–Crippen LogP) is 3.88. The largest absolute Gasteiger partial charge is 0.306 e. The summed E-state index contributed by atoms with van der Waals surface area (Å²) in [6.45, 7) is 6.50. The van der Waals surface area contributed by atoms with E-state index in [4.69, 9.17) is 0 Å². The van der Waals surface area contributed by atoms with Crippen LogP contribution in [0, 0.1) is 24.0 Å². The van der Waals surface area contributed by atoms with Gasteiger partial charge < -0.3 is 4.57 Å². The summed E-state index contributed by atoms with van der Waals surface area (Å²) < 4.78 is 1.95. The maximum Gasteiger partial charge on any atom is 0.270 e. The second-order valence-corrected chi connectivity index (χ2v) is 8.27. The Morgan fingerprint density at radius 1 is 1.13 bits per heavy atom. The van der Waals surface area contributed by atoms with Gasteiger partial charge in [0.2, 0.25) is 0 Å². The van der Waals surface area contributed by atoms with Crippen LogP contribution in [0.3, 0.4) is 0 Å². The number of nitro groups is 1. The Bertz CT molecular complexity index is 1070. The Balaban J connectivity index is 1.66. The molecule has 0 saturated carbocycles. The van der Waals surface area contributed by atoms with E-state index in [1.54, 1.807) is 6.07 Å². The number of nitro benzene ring substituents is 1. The van der Waals surface area contributed by atoms with Crippen LogP contribution in [0.4, 0.5) is 5.69 Å². The number of non-ortho nitro benzene ring substituents is 1. The van der Waals surface area contributed by atoms with Crippen molar-refractivity contribution in [1.82, 2.24) is 24.7 Å². The number of carbonyl (C=O) groups excluding carboxylic acids is 1. The molecule has 0 amide bonds. The zero-order valence-electron chi connectivity index (χ0n) is 16.7. The van der Waals surface area contributed by atoms with Gasteiger partial charge in [-0.2, -0.15) is 0 Å². The first-order chi connectivity index (χ1) is 14.4. The van der Waals surface area contributed by atoms with Gasteiger partial charge in [0.15, 0.2) is 16.1 Å². The number of aryl methyl sites for hydroxylation is 2. The lowest BCUT2D eigenvalue weighted by Crippen LogP contribution is -2.06. The first-order valence-corrected chi connectivity index (χ1v) is 11.1. The van der Waals surface area contributed by atoms with Crippen LogP contribution in [0.5, 0.6) is 0 Å². The molecule has 0 unspecified atom stereocenters. The first kappa shape index (κ1) is 21.9. The molecule has 0 aliphatic carbocycles. The monoisotopic (exact) mass is 444 g/mol. The lowest BCUT2D eigenvalue weighted by Gasteiger charge is -2.07. The molecule has 0 aliphatic heterocycles. The highest BCUT2D eigenvalue weighted by atomic mass is 32.2. The number of nitrogens with zero attached hydrogens (tertiary/aromatic N) is 6. The highest BCUT2D eigenvalue weighted by Gasteiger charge is 2.16. The average Bonchev–Trinajstić information content (AvgIpc) is 3.11. The minimum Gasteiger partial charge on any atom is -0.306 e. The zero-order valence-corrected chi connectivity index (χ0v) is 18.4. The average molecular weight is 445 g/mol. The van der Waals surface area contributed by atoms with Crippen molar-refractivity contribution >= 4 is 35.0 Å². The Morgan fingerprint density at radius 2 is 1.87 bits per heavy atom. The first-order valence-electron chi connectivity index (χ1n) is 9.15. The molecule has 0 spiro atoms. The van der Waals surface area contributed by atoms with E-state index in [0.29, 0.717) is 28.2 Å². The van der Waals surface area contributed by atoms with Crippen molar-refractivity contribution in [3.63, 3.8) is 0 Å². The molecule has 0 N–H and O–H groups in total. The molecule has 0 aliphatic rings. The molecule has 0 radical (unpaired) electrons. The molecular weight excluding hydrogens is 424 g/mol. The fourth-order valence-electron chi connectivity index (χ4n) is 2.74. The van der Waals surface area contributed by atoms with Gasteiger partial charge in [0.25, 0.3) is 5.69 Å². The second-order valence-electron chi connectivity index (χ2n) is 6.38. The third-order valence-electron chi connectivity index (χ3n) is 4.11. The van der Waals surface area contributed by atoms with E-state index in [1.807, 2.05) is 31.4 Å². The Hall–Kier alpha value is -2.79. The standard InChI is InChI=1S/C19H20N6O3S2/c1-4-24-17(11-29-18-20-12(2)8-13(3)21-18)22-23-19(24)30-10-16(26)14-6-5-7-15(9-14)25(27)28/h5-9H,4,10-11H2,1-3H3. The van der Waals surface area contributed by atoms with Gasteiger partial charge in [0.1, 0.15) is 5.82 Å². The van der Waals surface area contributed by atoms with E-state index in [0.717, 1.165) is 17.2 Å². The summed E-state index contributed by atoms with van der Waals surface area (Å²) >= 11 is 2.75. The summed E-state index contributed by atoms with van der Waals surface area (Å²) in [6.07, 6.45) is 0. The van der Waals surface area contributed by atoms with E-state index in [-0.39, 0.29) is 17.2 Å². The molecule has 1 aromatic carbocycles. The number of aromatic nitrogens is 5. The normalized spacial score (nSPS) is 10.9. The summed E-state index contributed by atoms with van der Waals surface area (Å²) in [5.41, 5.74) is 2.04. The van der Waals surface area contributed by atoms with Gasteiger partial charge in [0.05, 0.1) is 16.4 Å². The number of carbonyl (C=O) groups is 1. The number of thioether (sulfide) groups is 2. The van der Waals surface area contributed by atoms with Gasteiger partial charge in [-0.3, -0.25) is 14.9 Å². The van der Waals surface area contributed by atoms with Gasteiger partial charge >= 0.3 is 0 Å². The van der Waals surface area contributed by atoms with Gasteiger partial charge in [-0.25, -0.2) is 9.97 Å². The highest BCUT2D eigenvalue weighted by molar-refractivity contribution is 7.99. The van der Waals surface area contributed by atoms with Crippen LogP contribution < -0.4 is 0 Å². The van der Waals surface area contributed by atoms with E-state index < -0.39 is 4.92 Å². The van der Waals surface area contributed by atoms with E-state index >= 15 is 0 Å². The molecule has 3 aromatic rings. The zero-order chi connectivity index (χ0) is 21.7. The van der Waals surface area contributed by atoms with E-state index in [1.165, 1.54) is 41.7 Å². The highest BCUT2D eigenvalue weighted by Crippen LogP contribution is 2.24. The van der Waals surface area contributed by atoms with Crippen LogP contribution in [-0.2, 0) is 12.3 Å². The molecule has 2 heterocycles. The molecule has 30 heavy (non-hydrogen) atoms. The van der Waals surface area contributed by atoms with Gasteiger partial charge in [-0.1, -0.05) is 35.7 Å². The molecule has 0 bridgehead atoms. The van der Waals surface area contributed by atoms with E-state index in [2.05, 4.69) is 20.2 Å². The smallest absolute Gasteiger partial charge is 0.270 e. The molecule has 9 nitrogen and oxygen atoms in total. The lowest BCUT2D eigenvalue weighted by atomic mass is 10.1. The third-order valence-corrected chi connectivity index (χ3v) is 5.92. The van der Waals surface area contributed by atoms with Crippen molar-refractivity contribution in [3.05, 3.63) is 63.2 Å². The summed E-state index contributed by atoms with van der Waals surface area (Å²) in [5.74, 6) is 1.25. The maximum atomic E-state index is 12.5. The van der Waals surface area contributed by atoms with Crippen molar-refractivity contribution in [2.45, 2.75) is 43.4 Å². The topological polar surface area (TPSA) is 117 Å². The van der Waals surface area contributed by atoms with Crippen molar-refractivity contribution in [1.29, 1.82) is 0 Å². The van der Waals surface area contributed by atoms with Crippen LogP contribution >= 0.6 is 23.5 Å². The minimum atomic E-state index is -0.513. The summed E-state index contributed by atoms with van der Waals surface area (Å²) in [5, 5.41) is 20.7. The summed E-state index contributed by atoms with van der Waals surface area (Å²) in [6, 6.07) is 7.66. The van der Waals surface area contributed by atoms with Crippen LogP contribution in [0.2, 0.25) is 0 Å². The fourth-order valence-corrected chi connectivity index (χ4v) is 4.55. The second kappa shape index (κ2) is 9.81. The molecule has 0 atom stereocenters. The number of hydrogen-bond donors (Lipinski definition) is 0. The summed E-state index contributed by atoms with van der Waals surface area (Å²) in [7, 11) is 0. The van der Waals surface area contributed by atoms with Gasteiger partial charge in [-0.05, 0) is 26.8 Å². The molecule has 3 rings (SSSR count). The molecule has 11 heteroatoms. The SMILES string of the molecule is CCn1c(CSc2nc(C)cc(C)n2)nnc1SCC(=O)c1cccc([N+](=O)[O-])c1. The number of Topliss-reactive ketones (excluding diaryl/α,β-unsaturated/α-hetero) is 1. The van der Waals surface area contributed by atoms with Crippen molar-refractivity contribution in [3.8, 4) is 0 Å². The summed E-state index contributed by atoms with van der Waals surface area (Å²) in [4.78, 5) is 31.7. The van der Waals surface area contributed by atoms with Crippen LogP contribution in [-0.4, -0.2) is 41.2 Å². The maximum absolute atomic E-state index is 12.5. The van der Waals surface area contributed by atoms with Crippen molar-refractivity contribution in [2.75, 3.05) is 5.75 Å². The number of rotatable bonds is 9. The van der Waals surface area contributed by atoms with Crippen LogP contribution in [0.15, 0.2) is 40.6 Å². The van der Waals surface area contributed by atoms with Gasteiger partial charge in [-0.15, -0.1) is 10.2 Å². The van der Waals surface area contributed by atoms with Crippen LogP contribution in [0.25, 0.3) is 0 Å². The van der Waals surface area contributed by atoms with Gasteiger partial charge in [0, 0.05) is 35.6 Å². The minimum absolute atomic E-state index is 0.101. The number of benzene rings is 1. The number of hydrogen-bond acceptors (Lipinski definition) is 9. The Labute approximate surface area is 181 Å². The Morgan fingerprint density at radius 3 is 2.53 bits per heavy atom.